The van der Waals surface area contributed by atoms with E-state index < -0.39 is 40.2 Å². The highest BCUT2D eigenvalue weighted by atomic mass is 16.5. The lowest BCUT2D eigenvalue weighted by molar-refractivity contribution is -0.129. The summed E-state index contributed by atoms with van der Waals surface area (Å²) in [4.78, 5) is 12.8. The third kappa shape index (κ3) is 1.70. The third-order valence-corrected chi connectivity index (χ3v) is 6.40. The van der Waals surface area contributed by atoms with Crippen LogP contribution in [0.4, 0.5) is 0 Å². The number of nitriles is 3. The van der Waals surface area contributed by atoms with Gasteiger partial charge in [0.25, 0.3) is 0 Å². The second-order valence-corrected chi connectivity index (χ2v) is 7.10. The van der Waals surface area contributed by atoms with Crippen LogP contribution in [0.5, 0.6) is 5.75 Å². The van der Waals surface area contributed by atoms with E-state index in [0.717, 1.165) is 0 Å². The van der Waals surface area contributed by atoms with Crippen molar-refractivity contribution >= 4 is 5.91 Å². The molecule has 0 spiro atoms. The zero-order chi connectivity index (χ0) is 19.3. The van der Waals surface area contributed by atoms with E-state index >= 15 is 0 Å². The summed E-state index contributed by atoms with van der Waals surface area (Å²) in [7, 11) is 1.54. The number of hydrogen-bond acceptors (Lipinski definition) is 6. The van der Waals surface area contributed by atoms with Crippen molar-refractivity contribution in [1.29, 1.82) is 15.8 Å². The molecule has 132 valence electrons. The Balaban J connectivity index is 2.33. The second kappa shape index (κ2) is 5.46. The van der Waals surface area contributed by atoms with Crippen molar-refractivity contribution in [3.63, 3.8) is 0 Å². The summed E-state index contributed by atoms with van der Waals surface area (Å²) in [6.07, 6.45) is 0. The van der Waals surface area contributed by atoms with E-state index in [1.165, 1.54) is 7.11 Å². The summed E-state index contributed by atoms with van der Waals surface area (Å²) in [5, 5.41) is 32.8. The molecular weight excluding hydrogens is 330 g/mol. The number of carbonyl (C=O) groups excluding carboxylic acids is 1. The van der Waals surface area contributed by atoms with Gasteiger partial charge in [-0.05, 0) is 17.7 Å². The van der Waals surface area contributed by atoms with Gasteiger partial charge >= 0.3 is 0 Å². The Bertz CT molecular complexity index is 876. The largest absolute Gasteiger partial charge is 0.497 e. The maximum Gasteiger partial charge on any atom is 0.245 e. The molecule has 2 aliphatic rings. The van der Waals surface area contributed by atoms with Crippen molar-refractivity contribution in [2.45, 2.75) is 25.4 Å². The van der Waals surface area contributed by atoms with Crippen LogP contribution in [-0.4, -0.2) is 18.7 Å². The van der Waals surface area contributed by atoms with Crippen LogP contribution in [0.15, 0.2) is 24.3 Å². The Hall–Kier alpha value is -3.08. The van der Waals surface area contributed by atoms with Crippen LogP contribution in [0.1, 0.15) is 25.3 Å². The van der Waals surface area contributed by atoms with Gasteiger partial charge < -0.3 is 15.8 Å². The molecule has 5 atom stereocenters. The van der Waals surface area contributed by atoms with Crippen molar-refractivity contribution in [3.05, 3.63) is 29.8 Å². The molecule has 1 saturated carbocycles. The van der Waals surface area contributed by atoms with E-state index in [4.69, 9.17) is 10.5 Å². The van der Waals surface area contributed by atoms with Crippen LogP contribution in [0.25, 0.3) is 0 Å². The average molecular weight is 349 g/mol. The molecule has 1 heterocycles. The Kier molecular flexibility index (Phi) is 3.72. The molecule has 2 bridgehead atoms. The maximum atomic E-state index is 12.8. The Morgan fingerprint density at radius 1 is 1.12 bits per heavy atom. The van der Waals surface area contributed by atoms with Crippen LogP contribution in [0.3, 0.4) is 0 Å². The lowest BCUT2D eigenvalue weighted by atomic mass is 9.45. The summed E-state index contributed by atoms with van der Waals surface area (Å²) in [5.41, 5.74) is 2.30. The highest BCUT2D eigenvalue weighted by Gasteiger charge is 2.79. The molecular formula is C19H19N5O2. The first-order valence-electron chi connectivity index (χ1n) is 8.28. The van der Waals surface area contributed by atoms with Crippen molar-refractivity contribution < 1.29 is 9.53 Å². The van der Waals surface area contributed by atoms with Gasteiger partial charge in [-0.25, -0.2) is 0 Å². The summed E-state index contributed by atoms with van der Waals surface area (Å²) >= 11 is 0. The van der Waals surface area contributed by atoms with Crippen molar-refractivity contribution in [1.82, 2.24) is 5.32 Å². The normalized spacial score (nSPS) is 37.0. The number of rotatable bonds is 2. The van der Waals surface area contributed by atoms with Crippen molar-refractivity contribution in [3.8, 4) is 24.0 Å². The number of hydrogen-bond donors (Lipinski definition) is 2. The van der Waals surface area contributed by atoms with E-state index in [9.17, 15) is 20.6 Å². The second-order valence-electron chi connectivity index (χ2n) is 7.10. The van der Waals surface area contributed by atoms with E-state index in [-0.39, 0.29) is 0 Å². The van der Waals surface area contributed by atoms with Crippen LogP contribution >= 0.6 is 0 Å². The van der Waals surface area contributed by atoms with Gasteiger partial charge in [0.1, 0.15) is 5.75 Å². The smallest absolute Gasteiger partial charge is 0.245 e. The van der Waals surface area contributed by atoms with Crippen LogP contribution in [-0.2, 0) is 4.79 Å². The Morgan fingerprint density at radius 3 is 2.15 bits per heavy atom. The molecule has 7 heteroatoms. The van der Waals surface area contributed by atoms with Gasteiger partial charge in [0.05, 0.1) is 31.0 Å². The van der Waals surface area contributed by atoms with Gasteiger partial charge in [-0.3, -0.25) is 4.79 Å². The van der Waals surface area contributed by atoms with Gasteiger partial charge in [-0.15, -0.1) is 0 Å². The third-order valence-electron chi connectivity index (χ3n) is 6.40. The minimum Gasteiger partial charge on any atom is -0.497 e. The molecule has 1 saturated heterocycles. The zero-order valence-electron chi connectivity index (χ0n) is 14.8. The number of methoxy groups -OCH3 is 1. The van der Waals surface area contributed by atoms with Crippen LogP contribution < -0.4 is 15.8 Å². The highest BCUT2D eigenvalue weighted by Crippen LogP contribution is 2.66. The van der Waals surface area contributed by atoms with Gasteiger partial charge in [-0.1, -0.05) is 26.0 Å². The fraction of sp³-hybridized carbons (Fsp3) is 0.474. The number of fused-ring (bicyclic) bond motifs is 2. The quantitative estimate of drug-likeness (QED) is 0.828. The first-order valence-corrected chi connectivity index (χ1v) is 8.28. The van der Waals surface area contributed by atoms with Gasteiger partial charge in [0.15, 0.2) is 10.8 Å². The lowest BCUT2D eigenvalue weighted by Gasteiger charge is -2.52. The van der Waals surface area contributed by atoms with Gasteiger partial charge in [0.2, 0.25) is 5.91 Å². The summed E-state index contributed by atoms with van der Waals surface area (Å²) in [6, 6.07) is 13.0. The number of nitrogens with one attached hydrogen (secondary N) is 1. The zero-order valence-corrected chi connectivity index (χ0v) is 14.8. The van der Waals surface area contributed by atoms with E-state index in [2.05, 4.69) is 5.32 Å². The number of nitrogens with two attached hydrogens (primary N) is 1. The minimum atomic E-state index is -1.86. The number of benzene rings is 1. The maximum absolute atomic E-state index is 12.8. The monoisotopic (exact) mass is 349 g/mol. The molecule has 26 heavy (non-hydrogen) atoms. The number of amides is 1. The molecule has 1 aromatic rings. The van der Waals surface area contributed by atoms with Crippen molar-refractivity contribution in [2.24, 2.45) is 28.4 Å². The Labute approximate surface area is 152 Å². The standard InChI is InChI=1S/C19H19N5O2/c1-11-15(13-4-6-14(26-3)7-5-13)17(8-20,9-21)18(10-22)12(2)19(11,23)24-16(18)25/h4-7,11-12,15H,23H2,1-3H3,(H,24,25)/t11-,12+,15-,18+,19+/m0/s1. The van der Waals surface area contributed by atoms with E-state index in [1.54, 1.807) is 31.2 Å². The minimum absolute atomic E-state index is 0.446. The summed E-state index contributed by atoms with van der Waals surface area (Å²) in [5.74, 6) is -1.89. The average Bonchev–Trinajstić information content (AvgIpc) is 2.83. The number of carbonyl (C=O) groups is 1. The molecule has 0 radical (unpaired) electrons. The van der Waals surface area contributed by atoms with E-state index in [0.29, 0.717) is 11.3 Å². The Morgan fingerprint density at radius 2 is 1.69 bits per heavy atom. The van der Waals surface area contributed by atoms with Gasteiger partial charge in [-0.2, -0.15) is 15.8 Å². The molecule has 2 fully saturated rings. The van der Waals surface area contributed by atoms with Crippen LogP contribution in [0, 0.1) is 56.7 Å². The molecule has 1 aromatic carbocycles. The first kappa shape index (κ1) is 17.7. The number of nitrogens with zero attached hydrogens (tertiary/aromatic N) is 3. The molecule has 7 nitrogen and oxygen atoms in total. The SMILES string of the molecule is COc1ccc([C@@H]2[C@H](C)[C@@]3(N)NC(=O)[C@@](C#N)([C@H]3C)C2(C#N)C#N)cc1. The summed E-state index contributed by atoms with van der Waals surface area (Å²) in [6.45, 7) is 3.47. The predicted octanol–water partition coefficient (Wildman–Crippen LogP) is 1.39. The topological polar surface area (TPSA) is 136 Å². The fourth-order valence-electron chi connectivity index (χ4n) is 4.81. The molecule has 1 amide bonds. The number of ether oxygens (including phenoxy) is 1. The molecule has 0 aromatic heterocycles. The molecule has 0 unspecified atom stereocenters. The predicted molar refractivity (Wildman–Crippen MR) is 90.8 cm³/mol. The fourth-order valence-corrected chi connectivity index (χ4v) is 4.81. The van der Waals surface area contributed by atoms with E-state index in [1.807, 2.05) is 25.1 Å². The molecule has 1 aliphatic heterocycles. The molecule has 1 aliphatic carbocycles. The van der Waals surface area contributed by atoms with Crippen LogP contribution in [0.2, 0.25) is 0 Å². The highest BCUT2D eigenvalue weighted by molar-refractivity contribution is 5.93. The molecule has 3 rings (SSSR count). The first-order chi connectivity index (χ1) is 12.3. The van der Waals surface area contributed by atoms with Gasteiger partial charge in [0, 0.05) is 17.8 Å². The summed E-state index contributed by atoms with van der Waals surface area (Å²) < 4.78 is 5.16. The lowest BCUT2D eigenvalue weighted by Crippen LogP contribution is -2.66. The molecule has 3 N–H and O–H groups in total. The van der Waals surface area contributed by atoms with Crippen molar-refractivity contribution in [2.75, 3.05) is 7.11 Å².